The largest absolute Gasteiger partial charge is 0.480 e. The monoisotopic (exact) mass is 394 g/mol. The summed E-state index contributed by atoms with van der Waals surface area (Å²) in [6.45, 7) is 0.670. The van der Waals surface area contributed by atoms with Crippen LogP contribution in [0, 0.1) is 0 Å². The molecule has 0 aliphatic heterocycles. The summed E-state index contributed by atoms with van der Waals surface area (Å²) in [4.78, 5) is 46.9. The number of hydrogen-bond donors (Lipinski definition) is 9. The summed E-state index contributed by atoms with van der Waals surface area (Å²) in [7, 11) is 0. The van der Waals surface area contributed by atoms with Crippen LogP contribution >= 0.6 is 0 Å². The van der Waals surface area contributed by atoms with Crippen LogP contribution in [-0.2, 0) is 19.2 Å². The molecule has 3 amide bonds. The molecular weight excluding hydrogens is 368 g/mol. The van der Waals surface area contributed by atoms with Gasteiger partial charge in [-0.1, -0.05) is 0 Å². The molecule has 13 nitrogen and oxygen atoms in total. The van der Waals surface area contributed by atoms with Gasteiger partial charge < -0.3 is 47.2 Å². The maximum atomic E-state index is 12.2. The number of carbonyl (C=O) groups excluding carboxylic acids is 3. The van der Waals surface area contributed by atoms with Crippen molar-refractivity contribution in [2.45, 2.75) is 50.2 Å². The molecule has 0 rings (SSSR count). The van der Waals surface area contributed by atoms with Crippen LogP contribution in [0.15, 0.2) is 0 Å². The Morgan fingerprint density at radius 3 is 1.67 bits per heavy atom. The number of carbonyl (C=O) groups is 4. The highest BCUT2D eigenvalue weighted by molar-refractivity contribution is 5.94. The first-order valence-electron chi connectivity index (χ1n) is 7.93. The highest BCUT2D eigenvalue weighted by Gasteiger charge is 2.33. The molecule has 0 bridgehead atoms. The Morgan fingerprint density at radius 2 is 1.30 bits per heavy atom. The molecule has 0 fully saturated rings. The summed E-state index contributed by atoms with van der Waals surface area (Å²) in [5.41, 5.74) is 5.27. The molecule has 0 radical (unpaired) electrons. The Hall–Kier alpha value is -2.32. The molecule has 0 aliphatic carbocycles. The van der Waals surface area contributed by atoms with E-state index in [1.54, 1.807) is 0 Å². The number of rotatable bonds is 11. The van der Waals surface area contributed by atoms with E-state index < -0.39 is 73.3 Å². The van der Waals surface area contributed by atoms with E-state index in [0.717, 1.165) is 13.8 Å². The van der Waals surface area contributed by atoms with Crippen LogP contribution in [0.1, 0.15) is 13.8 Å². The number of nitrogens with one attached hydrogen (secondary N) is 3. The van der Waals surface area contributed by atoms with Gasteiger partial charge in [0.15, 0.2) is 6.04 Å². The number of aliphatic hydroxyl groups excluding tert-OH is 4. The average Bonchev–Trinajstić information content (AvgIpc) is 2.59. The van der Waals surface area contributed by atoms with Crippen LogP contribution in [0.4, 0.5) is 0 Å². The van der Waals surface area contributed by atoms with Gasteiger partial charge in [0.05, 0.1) is 25.4 Å². The minimum absolute atomic E-state index is 0.708. The van der Waals surface area contributed by atoms with E-state index in [1.807, 2.05) is 10.6 Å². The number of amides is 3. The molecule has 0 aliphatic rings. The molecule has 0 heterocycles. The molecular formula is C14H26N4O9. The lowest BCUT2D eigenvalue weighted by Gasteiger charge is -2.26. The second-order valence-corrected chi connectivity index (χ2v) is 5.82. The van der Waals surface area contributed by atoms with Crippen molar-refractivity contribution in [3.63, 3.8) is 0 Å². The zero-order valence-corrected chi connectivity index (χ0v) is 14.8. The fourth-order valence-electron chi connectivity index (χ4n) is 1.85. The highest BCUT2D eigenvalue weighted by Crippen LogP contribution is 2.00. The predicted molar refractivity (Wildman–Crippen MR) is 88.9 cm³/mol. The molecule has 27 heavy (non-hydrogen) atoms. The summed E-state index contributed by atoms with van der Waals surface area (Å²) in [6.07, 6.45) is -2.94. The number of carboxylic acids is 1. The molecule has 0 saturated carbocycles. The molecule has 0 aromatic heterocycles. The van der Waals surface area contributed by atoms with E-state index in [4.69, 9.17) is 15.9 Å². The topological polar surface area (TPSA) is 232 Å². The van der Waals surface area contributed by atoms with Crippen LogP contribution < -0.4 is 21.7 Å². The fourth-order valence-corrected chi connectivity index (χ4v) is 1.85. The SMILES string of the molecule is CC(O)C(NC(=O)C(NC(=O)C(CO)NC(=O)C(N)CO)C(C)O)C(=O)O. The molecule has 0 aromatic rings. The molecule has 0 aromatic carbocycles. The number of aliphatic hydroxyl groups is 4. The Labute approximate surface area is 154 Å². The first-order chi connectivity index (χ1) is 12.5. The van der Waals surface area contributed by atoms with Crippen molar-refractivity contribution in [2.24, 2.45) is 5.73 Å². The van der Waals surface area contributed by atoms with Gasteiger partial charge in [0, 0.05) is 0 Å². The van der Waals surface area contributed by atoms with Gasteiger partial charge in [-0.2, -0.15) is 0 Å². The van der Waals surface area contributed by atoms with Crippen LogP contribution in [0.5, 0.6) is 0 Å². The van der Waals surface area contributed by atoms with Crippen molar-refractivity contribution in [3.8, 4) is 0 Å². The molecule has 0 saturated heterocycles. The van der Waals surface area contributed by atoms with Gasteiger partial charge in [0.25, 0.3) is 0 Å². The van der Waals surface area contributed by atoms with Crippen molar-refractivity contribution >= 4 is 23.7 Å². The maximum absolute atomic E-state index is 12.2. The molecule has 10 N–H and O–H groups in total. The van der Waals surface area contributed by atoms with Crippen LogP contribution in [-0.4, -0.2) is 98.8 Å². The standard InChI is InChI=1S/C14H26N4O9/c1-5(21)9(13(25)18-10(6(2)22)14(26)27)17-12(24)8(4-20)16-11(23)7(15)3-19/h5-10,19-22H,3-4,15H2,1-2H3,(H,16,23)(H,17,24)(H,18,25)(H,26,27). The van der Waals surface area contributed by atoms with Crippen molar-refractivity contribution in [1.29, 1.82) is 0 Å². The van der Waals surface area contributed by atoms with Crippen LogP contribution in [0.25, 0.3) is 0 Å². The lowest BCUT2D eigenvalue weighted by atomic mass is 10.1. The predicted octanol–water partition coefficient (Wildman–Crippen LogP) is -5.40. The quantitative estimate of drug-likeness (QED) is 0.161. The summed E-state index contributed by atoms with van der Waals surface area (Å²) in [5, 5.41) is 52.1. The summed E-state index contributed by atoms with van der Waals surface area (Å²) in [5.74, 6) is -4.65. The number of aliphatic carboxylic acids is 1. The fraction of sp³-hybridized carbons (Fsp3) is 0.714. The Balaban J connectivity index is 5.16. The van der Waals surface area contributed by atoms with Crippen molar-refractivity contribution in [1.82, 2.24) is 16.0 Å². The van der Waals surface area contributed by atoms with E-state index in [1.165, 1.54) is 0 Å². The minimum atomic E-state index is -1.69. The molecule has 156 valence electrons. The van der Waals surface area contributed by atoms with Crippen molar-refractivity contribution < 1.29 is 44.7 Å². The minimum Gasteiger partial charge on any atom is -0.480 e. The third-order valence-electron chi connectivity index (χ3n) is 3.46. The van der Waals surface area contributed by atoms with E-state index >= 15 is 0 Å². The van der Waals surface area contributed by atoms with Crippen LogP contribution in [0.2, 0.25) is 0 Å². The van der Waals surface area contributed by atoms with Gasteiger partial charge in [-0.15, -0.1) is 0 Å². The highest BCUT2D eigenvalue weighted by atomic mass is 16.4. The zero-order chi connectivity index (χ0) is 21.3. The lowest BCUT2D eigenvalue weighted by molar-refractivity contribution is -0.146. The molecule has 6 atom stereocenters. The van der Waals surface area contributed by atoms with Crippen LogP contribution in [0.3, 0.4) is 0 Å². The third-order valence-corrected chi connectivity index (χ3v) is 3.46. The number of hydrogen-bond acceptors (Lipinski definition) is 9. The van der Waals surface area contributed by atoms with Gasteiger partial charge in [-0.25, -0.2) is 4.79 Å². The normalized spacial score (nSPS) is 17.6. The molecule has 13 heteroatoms. The van der Waals surface area contributed by atoms with E-state index in [2.05, 4.69) is 5.32 Å². The Bertz CT molecular complexity index is 541. The average molecular weight is 394 g/mol. The van der Waals surface area contributed by atoms with Gasteiger partial charge in [0.2, 0.25) is 17.7 Å². The second kappa shape index (κ2) is 11.4. The van der Waals surface area contributed by atoms with Gasteiger partial charge >= 0.3 is 5.97 Å². The second-order valence-electron chi connectivity index (χ2n) is 5.82. The lowest BCUT2D eigenvalue weighted by Crippen LogP contribution is -2.61. The molecule has 0 spiro atoms. The summed E-state index contributed by atoms with van der Waals surface area (Å²) >= 11 is 0. The van der Waals surface area contributed by atoms with E-state index in [0.29, 0.717) is 0 Å². The Morgan fingerprint density at radius 1 is 0.815 bits per heavy atom. The number of carboxylic acid groups (broad SMARTS) is 1. The number of nitrogens with two attached hydrogens (primary N) is 1. The first-order valence-corrected chi connectivity index (χ1v) is 7.93. The van der Waals surface area contributed by atoms with Crippen molar-refractivity contribution in [2.75, 3.05) is 13.2 Å². The van der Waals surface area contributed by atoms with E-state index in [9.17, 15) is 34.5 Å². The third kappa shape index (κ3) is 7.84. The zero-order valence-electron chi connectivity index (χ0n) is 14.8. The summed E-state index contributed by atoms with van der Waals surface area (Å²) < 4.78 is 0. The van der Waals surface area contributed by atoms with E-state index in [-0.39, 0.29) is 0 Å². The smallest absolute Gasteiger partial charge is 0.328 e. The first kappa shape index (κ1) is 24.7. The molecule has 6 unspecified atom stereocenters. The van der Waals surface area contributed by atoms with Crippen molar-refractivity contribution in [3.05, 3.63) is 0 Å². The van der Waals surface area contributed by atoms with Gasteiger partial charge in [0.1, 0.15) is 18.1 Å². The summed E-state index contributed by atoms with van der Waals surface area (Å²) in [6, 6.07) is -6.22. The van der Waals surface area contributed by atoms with Gasteiger partial charge in [-0.05, 0) is 13.8 Å². The Kier molecular flexibility index (Phi) is 10.4. The van der Waals surface area contributed by atoms with Gasteiger partial charge in [-0.3, -0.25) is 14.4 Å². The maximum Gasteiger partial charge on any atom is 0.328 e.